The van der Waals surface area contributed by atoms with Crippen molar-refractivity contribution in [1.29, 1.82) is 0 Å². The summed E-state index contributed by atoms with van der Waals surface area (Å²) in [4.78, 5) is 29.4. The molecule has 3 aromatic rings. The van der Waals surface area contributed by atoms with Crippen molar-refractivity contribution in [3.05, 3.63) is 86.2 Å². The third-order valence-corrected chi connectivity index (χ3v) is 6.35. The Morgan fingerprint density at radius 3 is 2.60 bits per heavy atom. The van der Waals surface area contributed by atoms with Gasteiger partial charge in [0.15, 0.2) is 5.16 Å². The number of halogens is 3. The number of thioether (sulfide) groups is 1. The maximum atomic E-state index is 13.7. The molecule has 0 saturated carbocycles. The van der Waals surface area contributed by atoms with Gasteiger partial charge in [0.2, 0.25) is 5.91 Å². The largest absolute Gasteiger partial charge is 0.312 e. The number of anilines is 1. The molecule has 9 heteroatoms. The molecular formula is C21H16ClF2N3O2S. The van der Waals surface area contributed by atoms with Crippen molar-refractivity contribution in [1.82, 2.24) is 9.55 Å². The number of nitrogens with one attached hydrogen (secondary N) is 1. The van der Waals surface area contributed by atoms with Crippen molar-refractivity contribution in [2.45, 2.75) is 23.2 Å². The van der Waals surface area contributed by atoms with E-state index in [1.807, 2.05) is 18.2 Å². The number of hydrogen-bond donors (Lipinski definition) is 1. The molecule has 1 amide bonds. The van der Waals surface area contributed by atoms with Crippen molar-refractivity contribution in [2.24, 2.45) is 7.05 Å². The average Bonchev–Trinajstić information content (AvgIpc) is 2.69. The molecule has 0 spiro atoms. The third kappa shape index (κ3) is 3.97. The van der Waals surface area contributed by atoms with Gasteiger partial charge in [-0.25, -0.2) is 8.78 Å². The van der Waals surface area contributed by atoms with Gasteiger partial charge in [-0.3, -0.25) is 9.59 Å². The van der Waals surface area contributed by atoms with Crippen LogP contribution in [-0.4, -0.2) is 15.5 Å². The van der Waals surface area contributed by atoms with Gasteiger partial charge in [-0.1, -0.05) is 41.6 Å². The van der Waals surface area contributed by atoms with Crippen molar-refractivity contribution in [3.63, 3.8) is 0 Å². The van der Waals surface area contributed by atoms with Gasteiger partial charge in [-0.05, 0) is 29.3 Å². The Labute approximate surface area is 180 Å². The number of rotatable bonds is 4. The number of hydrogen-bond acceptors (Lipinski definition) is 4. The molecule has 30 heavy (non-hydrogen) atoms. The lowest BCUT2D eigenvalue weighted by Crippen LogP contribution is -2.33. The lowest BCUT2D eigenvalue weighted by Gasteiger charge is -2.27. The van der Waals surface area contributed by atoms with Gasteiger partial charge in [-0.2, -0.15) is 4.98 Å². The van der Waals surface area contributed by atoms with E-state index < -0.39 is 23.1 Å². The van der Waals surface area contributed by atoms with E-state index in [1.165, 1.54) is 11.8 Å². The van der Waals surface area contributed by atoms with Crippen LogP contribution in [0.2, 0.25) is 5.02 Å². The van der Waals surface area contributed by atoms with E-state index in [0.717, 1.165) is 23.8 Å². The first-order chi connectivity index (χ1) is 14.3. The molecule has 1 aliphatic heterocycles. The highest BCUT2D eigenvalue weighted by Crippen LogP contribution is 2.36. The van der Waals surface area contributed by atoms with E-state index in [4.69, 9.17) is 11.6 Å². The van der Waals surface area contributed by atoms with Gasteiger partial charge in [0.1, 0.15) is 17.5 Å². The molecule has 1 N–H and O–H groups in total. The lowest BCUT2D eigenvalue weighted by molar-refractivity contribution is -0.116. The normalized spacial score (nSPS) is 15.6. The minimum atomic E-state index is -0.784. The Morgan fingerprint density at radius 2 is 1.90 bits per heavy atom. The highest BCUT2D eigenvalue weighted by atomic mass is 35.5. The summed E-state index contributed by atoms with van der Waals surface area (Å²) in [6, 6.07) is 10.4. The Morgan fingerprint density at radius 1 is 1.20 bits per heavy atom. The van der Waals surface area contributed by atoms with E-state index in [9.17, 15) is 18.4 Å². The van der Waals surface area contributed by atoms with Crippen LogP contribution in [-0.2, 0) is 17.6 Å². The van der Waals surface area contributed by atoms with Crippen LogP contribution in [0.1, 0.15) is 29.0 Å². The molecule has 0 fully saturated rings. The summed E-state index contributed by atoms with van der Waals surface area (Å²) in [6.45, 7) is 0. The number of carbonyl (C=O) groups is 1. The summed E-state index contributed by atoms with van der Waals surface area (Å²) in [5, 5.41) is 3.70. The van der Waals surface area contributed by atoms with Crippen molar-refractivity contribution < 1.29 is 13.6 Å². The van der Waals surface area contributed by atoms with Gasteiger partial charge in [0.05, 0.1) is 5.56 Å². The van der Waals surface area contributed by atoms with E-state index >= 15 is 0 Å². The predicted molar refractivity (Wildman–Crippen MR) is 112 cm³/mol. The third-order valence-electron chi connectivity index (χ3n) is 4.90. The maximum Gasteiger partial charge on any atom is 0.279 e. The second-order valence-corrected chi connectivity index (χ2v) is 8.26. The fraction of sp³-hybridized carbons (Fsp3) is 0.190. The molecule has 0 saturated heterocycles. The maximum absolute atomic E-state index is 13.7. The molecule has 2 heterocycles. The molecule has 2 aromatic carbocycles. The Kier molecular flexibility index (Phi) is 5.62. The topological polar surface area (TPSA) is 64.0 Å². The summed E-state index contributed by atoms with van der Waals surface area (Å²) in [5.74, 6) is -1.91. The van der Waals surface area contributed by atoms with Gasteiger partial charge in [0.25, 0.3) is 5.56 Å². The SMILES string of the molecule is Cn1c(SCc2ccccc2Cl)nc(=O)c2c1NC(=O)CC2c1cc(F)cc(F)c1. The number of carbonyl (C=O) groups excluding carboxylic acids is 1. The van der Waals surface area contributed by atoms with Gasteiger partial charge < -0.3 is 9.88 Å². The molecule has 1 atom stereocenters. The van der Waals surface area contributed by atoms with E-state index in [0.29, 0.717) is 15.9 Å². The van der Waals surface area contributed by atoms with Crippen LogP contribution in [0.5, 0.6) is 0 Å². The Hall–Kier alpha value is -2.71. The summed E-state index contributed by atoms with van der Waals surface area (Å²) in [5.41, 5.74) is 0.774. The van der Waals surface area contributed by atoms with Crippen LogP contribution in [0.3, 0.4) is 0 Å². The fourth-order valence-electron chi connectivity index (χ4n) is 3.48. The van der Waals surface area contributed by atoms with Gasteiger partial charge >= 0.3 is 0 Å². The second-order valence-electron chi connectivity index (χ2n) is 6.91. The molecule has 0 radical (unpaired) electrons. The smallest absolute Gasteiger partial charge is 0.279 e. The summed E-state index contributed by atoms with van der Waals surface area (Å²) in [7, 11) is 1.68. The zero-order valence-electron chi connectivity index (χ0n) is 15.8. The lowest BCUT2D eigenvalue weighted by atomic mass is 9.86. The quantitative estimate of drug-likeness (QED) is 0.473. The highest BCUT2D eigenvalue weighted by molar-refractivity contribution is 7.98. The van der Waals surface area contributed by atoms with Gasteiger partial charge in [-0.15, -0.1) is 0 Å². The molecule has 0 bridgehead atoms. The van der Waals surface area contributed by atoms with Crippen molar-refractivity contribution >= 4 is 35.1 Å². The summed E-state index contributed by atoms with van der Waals surface area (Å²) >= 11 is 7.49. The minimum Gasteiger partial charge on any atom is -0.312 e. The molecule has 5 nitrogen and oxygen atoms in total. The van der Waals surface area contributed by atoms with E-state index in [-0.39, 0.29) is 29.3 Å². The highest BCUT2D eigenvalue weighted by Gasteiger charge is 2.32. The zero-order valence-corrected chi connectivity index (χ0v) is 17.4. The van der Waals surface area contributed by atoms with Crippen LogP contribution in [0, 0.1) is 11.6 Å². The molecule has 1 aromatic heterocycles. The molecular weight excluding hydrogens is 432 g/mol. The first kappa shape index (κ1) is 20.6. The Balaban J connectivity index is 1.75. The average molecular weight is 448 g/mol. The van der Waals surface area contributed by atoms with Crippen molar-refractivity contribution in [2.75, 3.05) is 5.32 Å². The fourth-order valence-corrected chi connectivity index (χ4v) is 4.73. The zero-order chi connectivity index (χ0) is 21.4. The molecule has 4 rings (SSSR count). The van der Waals surface area contributed by atoms with Gasteiger partial charge in [0, 0.05) is 36.2 Å². The molecule has 1 unspecified atom stereocenters. The predicted octanol–water partition coefficient (Wildman–Crippen LogP) is 4.48. The van der Waals surface area contributed by atoms with Crippen LogP contribution < -0.4 is 10.9 Å². The number of nitrogens with zero attached hydrogens (tertiary/aromatic N) is 2. The number of benzene rings is 2. The summed E-state index contributed by atoms with van der Waals surface area (Å²) in [6.07, 6.45) is -0.0983. The molecule has 1 aliphatic rings. The number of amides is 1. The van der Waals surface area contributed by atoms with Crippen LogP contribution in [0.25, 0.3) is 0 Å². The van der Waals surface area contributed by atoms with Crippen LogP contribution in [0.15, 0.2) is 52.4 Å². The van der Waals surface area contributed by atoms with Crippen molar-refractivity contribution in [3.8, 4) is 0 Å². The monoisotopic (exact) mass is 447 g/mol. The first-order valence-electron chi connectivity index (χ1n) is 9.06. The van der Waals surface area contributed by atoms with E-state index in [2.05, 4.69) is 10.3 Å². The molecule has 154 valence electrons. The minimum absolute atomic E-state index is 0.0983. The van der Waals surface area contributed by atoms with Crippen LogP contribution in [0.4, 0.5) is 14.6 Å². The first-order valence-corrected chi connectivity index (χ1v) is 10.4. The van der Waals surface area contributed by atoms with Crippen LogP contribution >= 0.6 is 23.4 Å². The number of aromatic nitrogens is 2. The Bertz CT molecular complexity index is 1200. The summed E-state index contributed by atoms with van der Waals surface area (Å²) < 4.78 is 29.1. The molecule has 0 aliphatic carbocycles. The number of fused-ring (bicyclic) bond motifs is 1. The second kappa shape index (κ2) is 8.20. The standard InChI is InChI=1S/C21H16ClF2N3O2S/c1-27-19-18(15(9-17(28)25-19)12-6-13(23)8-14(24)7-12)20(29)26-21(27)30-10-11-4-2-3-5-16(11)22/h2-8,15H,9-10H2,1H3,(H,25,28). The van der Waals surface area contributed by atoms with E-state index in [1.54, 1.807) is 17.7 Å².